The van der Waals surface area contributed by atoms with E-state index in [0.717, 1.165) is 73.7 Å². The van der Waals surface area contributed by atoms with Crippen LogP contribution in [0.4, 0.5) is 14.5 Å². The summed E-state index contributed by atoms with van der Waals surface area (Å²) < 4.78 is 28.8. The largest absolute Gasteiger partial charge is 0.372 e. The quantitative estimate of drug-likeness (QED) is 0.320. The minimum Gasteiger partial charge on any atom is -0.372 e. The van der Waals surface area contributed by atoms with Crippen LogP contribution in [0.2, 0.25) is 0 Å². The summed E-state index contributed by atoms with van der Waals surface area (Å²) in [5, 5.41) is 8.47. The second-order valence-corrected chi connectivity index (χ2v) is 13.3. The van der Waals surface area contributed by atoms with Gasteiger partial charge in [0.05, 0.1) is 5.69 Å². The number of hydrogen-bond donors (Lipinski definition) is 2. The summed E-state index contributed by atoms with van der Waals surface area (Å²) in [4.78, 5) is 23.9. The normalized spacial score (nSPS) is 25.5. The van der Waals surface area contributed by atoms with Crippen LogP contribution in [-0.2, 0) is 12.8 Å². The molecule has 2 aromatic carbocycles. The molecule has 2 unspecified atom stereocenters. The highest BCUT2D eigenvalue weighted by Crippen LogP contribution is 2.70. The molecule has 0 bridgehead atoms. The third-order valence-corrected chi connectivity index (χ3v) is 10.8. The molecule has 1 saturated carbocycles. The number of anilines is 1. The van der Waals surface area contributed by atoms with E-state index in [4.69, 9.17) is 0 Å². The van der Waals surface area contributed by atoms with Crippen LogP contribution in [0.3, 0.4) is 0 Å². The number of H-pyrrole nitrogens is 2. The number of piperidine rings is 1. The number of nitrogens with zero attached hydrogens (tertiary/aromatic N) is 4. The lowest BCUT2D eigenvalue weighted by molar-refractivity contribution is 0.0609. The van der Waals surface area contributed by atoms with E-state index in [2.05, 4.69) is 55.3 Å². The third-order valence-electron chi connectivity index (χ3n) is 10.8. The molecule has 2 saturated heterocycles. The van der Waals surface area contributed by atoms with Crippen LogP contribution in [0, 0.1) is 17.3 Å². The minimum absolute atomic E-state index is 0.0628. The predicted molar refractivity (Wildman–Crippen MR) is 164 cm³/mol. The van der Waals surface area contributed by atoms with Gasteiger partial charge in [-0.1, -0.05) is 25.1 Å². The number of piperazine rings is 1. The van der Waals surface area contributed by atoms with Crippen molar-refractivity contribution >= 4 is 22.5 Å². The zero-order chi connectivity index (χ0) is 29.3. The molecule has 1 amide bonds. The van der Waals surface area contributed by atoms with E-state index in [1.165, 1.54) is 18.5 Å². The van der Waals surface area contributed by atoms with Crippen molar-refractivity contribution in [2.24, 2.45) is 17.3 Å². The van der Waals surface area contributed by atoms with Crippen molar-refractivity contribution in [3.63, 3.8) is 0 Å². The monoisotopic (exact) mass is 584 g/mol. The Morgan fingerprint density at radius 1 is 1.00 bits per heavy atom. The summed E-state index contributed by atoms with van der Waals surface area (Å²) in [6.07, 6.45) is 3.08. The highest BCUT2D eigenvalue weighted by Gasteiger charge is 2.78. The lowest BCUT2D eigenvalue weighted by Gasteiger charge is -2.39. The number of rotatable bonds is 5. The number of hydrogen-bond acceptors (Lipinski definition) is 4. The van der Waals surface area contributed by atoms with Crippen molar-refractivity contribution in [1.29, 1.82) is 0 Å². The Labute approximate surface area is 250 Å². The Bertz CT molecular complexity index is 1660. The molecule has 4 aromatic rings. The molecular formula is C34H38F2N6O. The number of aromatic nitrogens is 3. The van der Waals surface area contributed by atoms with Crippen molar-refractivity contribution in [2.45, 2.75) is 38.5 Å². The molecule has 2 N–H and O–H groups in total. The summed E-state index contributed by atoms with van der Waals surface area (Å²) >= 11 is 0. The second-order valence-electron chi connectivity index (χ2n) is 13.3. The maximum Gasteiger partial charge on any atom is 0.258 e. The zero-order valence-electron chi connectivity index (χ0n) is 24.6. The number of halogens is 2. The molecule has 0 radical (unpaired) electrons. The molecular weight excluding hydrogens is 546 g/mol. The van der Waals surface area contributed by atoms with Crippen LogP contribution in [0.15, 0.2) is 54.6 Å². The van der Waals surface area contributed by atoms with Gasteiger partial charge >= 0.3 is 0 Å². The van der Waals surface area contributed by atoms with Crippen molar-refractivity contribution in [2.75, 3.05) is 50.7 Å². The Morgan fingerprint density at radius 3 is 2.53 bits per heavy atom. The topological polar surface area (TPSA) is 71.3 Å². The van der Waals surface area contributed by atoms with E-state index < -0.39 is 17.3 Å². The van der Waals surface area contributed by atoms with E-state index in [0.29, 0.717) is 30.0 Å². The number of amides is 1. The Morgan fingerprint density at radius 2 is 1.77 bits per heavy atom. The molecule has 7 nitrogen and oxygen atoms in total. The molecule has 8 rings (SSSR count). The van der Waals surface area contributed by atoms with Gasteiger partial charge in [0.25, 0.3) is 11.8 Å². The van der Waals surface area contributed by atoms with Gasteiger partial charge in [0.15, 0.2) is 0 Å². The lowest BCUT2D eigenvalue weighted by atomic mass is 9.87. The Kier molecular flexibility index (Phi) is 6.19. The predicted octanol–water partition coefficient (Wildman–Crippen LogP) is 5.60. The second kappa shape index (κ2) is 9.91. The molecule has 4 heterocycles. The van der Waals surface area contributed by atoms with Gasteiger partial charge in [0.2, 0.25) is 0 Å². The molecule has 9 heteroatoms. The number of carbonyl (C=O) groups is 1. The standard InChI is InChI=1S/C34H38F2N6O/c1-33-20-29-26(19-30(33)34(33,35)36)31(39-38-29)28-18-24-17-23(7-8-27(24)37-28)32(43)42-15-13-40(14-16-42)21-22-9-11-41(12-10-22)25-5-3-2-4-6-25/h2-8,17-18,22,30,37H,9-16,19-21H2,1H3,(H,38,39). The van der Waals surface area contributed by atoms with Crippen LogP contribution < -0.4 is 4.90 Å². The summed E-state index contributed by atoms with van der Waals surface area (Å²) in [6, 6.07) is 18.4. The highest BCUT2D eigenvalue weighted by molar-refractivity contribution is 5.99. The number of carbonyl (C=O) groups excluding carboxylic acids is 1. The smallest absolute Gasteiger partial charge is 0.258 e. The van der Waals surface area contributed by atoms with E-state index in [1.807, 2.05) is 29.2 Å². The molecule has 43 heavy (non-hydrogen) atoms. The third kappa shape index (κ3) is 4.46. The van der Waals surface area contributed by atoms with Gasteiger partial charge in [-0.25, -0.2) is 8.78 Å². The van der Waals surface area contributed by atoms with Crippen molar-refractivity contribution in [3.05, 3.63) is 71.4 Å². The Balaban J connectivity index is 0.886. The van der Waals surface area contributed by atoms with Gasteiger partial charge in [-0.2, -0.15) is 5.10 Å². The van der Waals surface area contributed by atoms with E-state index in [1.54, 1.807) is 6.92 Å². The first-order valence-electron chi connectivity index (χ1n) is 15.7. The van der Waals surface area contributed by atoms with Crippen molar-refractivity contribution in [3.8, 4) is 11.4 Å². The van der Waals surface area contributed by atoms with E-state index in [9.17, 15) is 13.6 Å². The van der Waals surface area contributed by atoms with Crippen LogP contribution in [0.25, 0.3) is 22.3 Å². The fourth-order valence-corrected chi connectivity index (χ4v) is 7.92. The summed E-state index contributed by atoms with van der Waals surface area (Å²) in [6.45, 7) is 8.29. The first-order chi connectivity index (χ1) is 20.8. The number of aromatic amines is 2. The van der Waals surface area contributed by atoms with Crippen LogP contribution in [0.5, 0.6) is 0 Å². The molecule has 3 fully saturated rings. The zero-order valence-corrected chi connectivity index (χ0v) is 24.6. The van der Waals surface area contributed by atoms with Crippen LogP contribution in [-0.4, -0.2) is 82.6 Å². The number of fused-ring (bicyclic) bond motifs is 3. The lowest BCUT2D eigenvalue weighted by Crippen LogP contribution is -2.50. The number of benzene rings is 2. The fraction of sp³-hybridized carbons (Fsp3) is 0.471. The van der Waals surface area contributed by atoms with Gasteiger partial charge in [-0.3, -0.25) is 14.8 Å². The van der Waals surface area contributed by atoms with Crippen LogP contribution >= 0.6 is 0 Å². The average Bonchev–Trinajstić information content (AvgIpc) is 3.42. The molecule has 2 atom stereocenters. The maximum atomic E-state index is 14.4. The first-order valence-corrected chi connectivity index (χ1v) is 15.7. The highest BCUT2D eigenvalue weighted by atomic mass is 19.3. The molecule has 2 aromatic heterocycles. The van der Waals surface area contributed by atoms with E-state index in [-0.39, 0.29) is 5.91 Å². The van der Waals surface area contributed by atoms with Gasteiger partial charge in [-0.15, -0.1) is 0 Å². The van der Waals surface area contributed by atoms with Crippen LogP contribution in [0.1, 0.15) is 41.4 Å². The van der Waals surface area contributed by atoms with Gasteiger partial charge in [-0.05, 0) is 61.6 Å². The molecule has 0 spiro atoms. The van der Waals surface area contributed by atoms with Crippen molar-refractivity contribution < 1.29 is 13.6 Å². The Hall–Kier alpha value is -3.72. The summed E-state index contributed by atoms with van der Waals surface area (Å²) in [7, 11) is 0. The van der Waals surface area contributed by atoms with Crippen molar-refractivity contribution in [1.82, 2.24) is 25.0 Å². The fourth-order valence-electron chi connectivity index (χ4n) is 7.92. The first kappa shape index (κ1) is 26.9. The SMILES string of the molecule is CC12Cc3[nH]nc(-c4cc5cc(C(=O)N6CCN(CC7CCN(c8ccccc8)CC7)CC6)ccc5[nH]4)c3CC1C2(F)F. The molecule has 4 aliphatic rings. The van der Waals surface area contributed by atoms with Gasteiger partial charge < -0.3 is 14.8 Å². The number of nitrogens with one attached hydrogen (secondary N) is 2. The van der Waals surface area contributed by atoms with Gasteiger partial charge in [0.1, 0.15) is 5.69 Å². The summed E-state index contributed by atoms with van der Waals surface area (Å²) in [5.74, 6) is -2.47. The average molecular weight is 585 g/mol. The number of para-hydroxylation sites is 1. The molecule has 2 aliphatic carbocycles. The van der Waals surface area contributed by atoms with E-state index >= 15 is 0 Å². The number of alkyl halides is 2. The minimum atomic E-state index is -2.62. The maximum absolute atomic E-state index is 14.4. The summed E-state index contributed by atoms with van der Waals surface area (Å²) in [5.41, 5.74) is 5.17. The molecule has 2 aliphatic heterocycles. The molecule has 224 valence electrons. The van der Waals surface area contributed by atoms with Gasteiger partial charge in [0, 0.05) is 97.0 Å².